The zero-order valence-electron chi connectivity index (χ0n) is 14.1. The molecule has 0 aliphatic carbocycles. The molecule has 2 N–H and O–H groups in total. The summed E-state index contributed by atoms with van der Waals surface area (Å²) in [6.45, 7) is 4.21. The molecular formula is C19H23N3OS. The SMILES string of the molecule is Cc1ccc(-c2ncc(C(=O)NC3CC4CCC(C3)N4)s2)cc1C. The van der Waals surface area contributed by atoms with Crippen molar-refractivity contribution < 1.29 is 4.79 Å². The molecule has 2 aliphatic rings. The van der Waals surface area contributed by atoms with Crippen molar-refractivity contribution in [1.29, 1.82) is 0 Å². The van der Waals surface area contributed by atoms with Gasteiger partial charge in [-0.1, -0.05) is 12.1 Å². The molecular weight excluding hydrogens is 318 g/mol. The number of fused-ring (bicyclic) bond motifs is 2. The second kappa shape index (κ2) is 6.30. The molecule has 126 valence electrons. The Morgan fingerprint density at radius 1 is 1.21 bits per heavy atom. The van der Waals surface area contributed by atoms with Gasteiger partial charge in [-0.05, 0) is 56.7 Å². The number of aromatic nitrogens is 1. The zero-order chi connectivity index (χ0) is 16.7. The van der Waals surface area contributed by atoms with Gasteiger partial charge in [0.25, 0.3) is 5.91 Å². The number of hydrogen-bond acceptors (Lipinski definition) is 4. The lowest BCUT2D eigenvalue weighted by Crippen LogP contribution is -2.47. The molecule has 4 nitrogen and oxygen atoms in total. The Hall–Kier alpha value is -1.72. The quantitative estimate of drug-likeness (QED) is 0.899. The minimum absolute atomic E-state index is 0.0221. The molecule has 1 amide bonds. The number of hydrogen-bond donors (Lipinski definition) is 2. The van der Waals surface area contributed by atoms with Crippen LogP contribution in [0.2, 0.25) is 0 Å². The molecule has 1 aromatic carbocycles. The van der Waals surface area contributed by atoms with Crippen LogP contribution < -0.4 is 10.6 Å². The van der Waals surface area contributed by atoms with Crippen molar-refractivity contribution in [2.45, 2.75) is 57.7 Å². The highest BCUT2D eigenvalue weighted by molar-refractivity contribution is 7.16. The molecule has 2 atom stereocenters. The van der Waals surface area contributed by atoms with E-state index in [1.165, 1.54) is 35.3 Å². The molecule has 2 aliphatic heterocycles. The first-order valence-corrected chi connectivity index (χ1v) is 9.50. The van der Waals surface area contributed by atoms with Gasteiger partial charge in [0.15, 0.2) is 0 Å². The fraction of sp³-hybridized carbons (Fsp3) is 0.474. The van der Waals surface area contributed by atoms with Gasteiger partial charge in [-0.3, -0.25) is 4.79 Å². The average Bonchev–Trinajstić information content (AvgIpc) is 3.17. The van der Waals surface area contributed by atoms with E-state index in [9.17, 15) is 4.79 Å². The Morgan fingerprint density at radius 2 is 1.96 bits per heavy atom. The standard InChI is InChI=1S/C19H23N3OS/c1-11-3-4-13(7-12(11)2)19-20-10-17(24-19)18(23)22-16-8-14-5-6-15(9-16)21-14/h3-4,7,10,14-16,21H,5-6,8-9H2,1-2H3,(H,22,23). The van der Waals surface area contributed by atoms with Gasteiger partial charge in [0.05, 0.1) is 6.20 Å². The lowest BCUT2D eigenvalue weighted by Gasteiger charge is -2.29. The summed E-state index contributed by atoms with van der Waals surface area (Å²) in [6.07, 6.45) is 6.29. The summed E-state index contributed by atoms with van der Waals surface area (Å²) in [7, 11) is 0. The maximum atomic E-state index is 12.6. The van der Waals surface area contributed by atoms with Crippen LogP contribution in [0.4, 0.5) is 0 Å². The lowest BCUT2D eigenvalue weighted by molar-refractivity contribution is 0.0928. The Labute approximate surface area is 146 Å². The molecule has 0 spiro atoms. The summed E-state index contributed by atoms with van der Waals surface area (Å²) < 4.78 is 0. The summed E-state index contributed by atoms with van der Waals surface area (Å²) in [5.41, 5.74) is 3.61. The van der Waals surface area contributed by atoms with Crippen LogP contribution in [0.5, 0.6) is 0 Å². The van der Waals surface area contributed by atoms with Crippen molar-refractivity contribution in [3.8, 4) is 10.6 Å². The number of aryl methyl sites for hydroxylation is 2. The minimum Gasteiger partial charge on any atom is -0.348 e. The number of thiazole rings is 1. The number of nitrogens with zero attached hydrogens (tertiary/aromatic N) is 1. The maximum absolute atomic E-state index is 12.6. The lowest BCUT2D eigenvalue weighted by atomic mass is 10.00. The highest BCUT2D eigenvalue weighted by Crippen LogP contribution is 2.29. The summed E-state index contributed by atoms with van der Waals surface area (Å²) in [5, 5.41) is 7.73. The van der Waals surface area contributed by atoms with E-state index in [2.05, 4.69) is 47.7 Å². The van der Waals surface area contributed by atoms with E-state index in [4.69, 9.17) is 0 Å². The molecule has 0 saturated carbocycles. The van der Waals surface area contributed by atoms with Crippen molar-refractivity contribution in [3.63, 3.8) is 0 Å². The largest absolute Gasteiger partial charge is 0.348 e. The van der Waals surface area contributed by atoms with Crippen LogP contribution in [0, 0.1) is 13.8 Å². The zero-order valence-corrected chi connectivity index (χ0v) is 15.0. The predicted octanol–water partition coefficient (Wildman–Crippen LogP) is 3.44. The van der Waals surface area contributed by atoms with E-state index in [1.807, 2.05) is 0 Å². The third kappa shape index (κ3) is 3.10. The molecule has 4 rings (SSSR count). The number of nitrogens with one attached hydrogen (secondary N) is 2. The number of benzene rings is 1. The smallest absolute Gasteiger partial charge is 0.263 e. The molecule has 1 aromatic heterocycles. The van der Waals surface area contributed by atoms with Crippen molar-refractivity contribution in [2.24, 2.45) is 0 Å². The molecule has 0 radical (unpaired) electrons. The molecule has 2 unspecified atom stereocenters. The first-order valence-electron chi connectivity index (χ1n) is 8.69. The fourth-order valence-electron chi connectivity index (χ4n) is 3.82. The topological polar surface area (TPSA) is 54.0 Å². The average molecular weight is 341 g/mol. The summed E-state index contributed by atoms with van der Waals surface area (Å²) in [5.74, 6) is 0.0221. The molecule has 2 saturated heterocycles. The van der Waals surface area contributed by atoms with Gasteiger partial charge in [0.1, 0.15) is 9.88 Å². The van der Waals surface area contributed by atoms with Gasteiger partial charge in [-0.25, -0.2) is 4.98 Å². The Bertz CT molecular complexity index is 758. The van der Waals surface area contributed by atoms with E-state index in [0.29, 0.717) is 23.0 Å². The van der Waals surface area contributed by atoms with E-state index < -0.39 is 0 Å². The summed E-state index contributed by atoms with van der Waals surface area (Å²) in [4.78, 5) is 17.7. The normalized spacial score (nSPS) is 25.7. The van der Waals surface area contributed by atoms with Crippen molar-refractivity contribution in [3.05, 3.63) is 40.4 Å². The van der Waals surface area contributed by atoms with E-state index in [1.54, 1.807) is 6.20 Å². The molecule has 2 fully saturated rings. The van der Waals surface area contributed by atoms with Gasteiger partial charge in [0, 0.05) is 23.7 Å². The summed E-state index contributed by atoms with van der Waals surface area (Å²) in [6, 6.07) is 7.79. The van der Waals surface area contributed by atoms with Crippen molar-refractivity contribution in [1.82, 2.24) is 15.6 Å². The molecule has 2 aromatic rings. The number of carbonyl (C=O) groups is 1. The van der Waals surface area contributed by atoms with Crippen molar-refractivity contribution in [2.75, 3.05) is 0 Å². The molecule has 2 bridgehead atoms. The van der Waals surface area contributed by atoms with Crippen LogP contribution in [0.3, 0.4) is 0 Å². The molecule has 5 heteroatoms. The molecule has 3 heterocycles. The number of amides is 1. The van der Waals surface area contributed by atoms with E-state index in [0.717, 1.165) is 23.4 Å². The second-order valence-corrected chi connectivity index (χ2v) is 8.14. The first kappa shape index (κ1) is 15.8. The second-order valence-electron chi connectivity index (χ2n) is 7.11. The third-order valence-electron chi connectivity index (χ3n) is 5.29. The number of piperidine rings is 1. The van der Waals surface area contributed by atoms with Gasteiger partial charge in [-0.2, -0.15) is 0 Å². The van der Waals surface area contributed by atoms with Crippen LogP contribution in [0.1, 0.15) is 46.5 Å². The van der Waals surface area contributed by atoms with E-state index >= 15 is 0 Å². The van der Waals surface area contributed by atoms with Crippen LogP contribution in [0.25, 0.3) is 10.6 Å². The Kier molecular flexibility index (Phi) is 4.14. The summed E-state index contributed by atoms with van der Waals surface area (Å²) >= 11 is 1.48. The predicted molar refractivity (Wildman–Crippen MR) is 97.5 cm³/mol. The number of carbonyl (C=O) groups excluding carboxylic acids is 1. The highest BCUT2D eigenvalue weighted by atomic mass is 32.1. The van der Waals surface area contributed by atoms with Crippen LogP contribution >= 0.6 is 11.3 Å². The minimum atomic E-state index is 0.0221. The third-order valence-corrected chi connectivity index (χ3v) is 6.34. The van der Waals surface area contributed by atoms with E-state index in [-0.39, 0.29) is 5.91 Å². The van der Waals surface area contributed by atoms with Gasteiger partial charge < -0.3 is 10.6 Å². The first-order chi connectivity index (χ1) is 11.6. The highest BCUT2D eigenvalue weighted by Gasteiger charge is 2.34. The van der Waals surface area contributed by atoms with Crippen LogP contribution in [0.15, 0.2) is 24.4 Å². The Balaban J connectivity index is 1.46. The van der Waals surface area contributed by atoms with Gasteiger partial charge >= 0.3 is 0 Å². The maximum Gasteiger partial charge on any atom is 0.263 e. The fourth-order valence-corrected chi connectivity index (χ4v) is 4.63. The Morgan fingerprint density at radius 3 is 2.67 bits per heavy atom. The number of rotatable bonds is 3. The monoisotopic (exact) mass is 341 g/mol. The van der Waals surface area contributed by atoms with Gasteiger partial charge in [0.2, 0.25) is 0 Å². The molecule has 24 heavy (non-hydrogen) atoms. The van der Waals surface area contributed by atoms with Crippen LogP contribution in [-0.2, 0) is 0 Å². The van der Waals surface area contributed by atoms with Crippen LogP contribution in [-0.4, -0.2) is 29.0 Å². The van der Waals surface area contributed by atoms with Crippen molar-refractivity contribution >= 4 is 17.2 Å². The van der Waals surface area contributed by atoms with Gasteiger partial charge in [-0.15, -0.1) is 11.3 Å².